The predicted octanol–water partition coefficient (Wildman–Crippen LogP) is 2.75. The second-order valence-electron chi connectivity index (χ2n) is 4.07. The third-order valence-corrected chi connectivity index (χ3v) is 3.64. The monoisotopic (exact) mass is 285 g/mol. The Hall–Kier alpha value is -0.740. The van der Waals surface area contributed by atoms with Gasteiger partial charge in [0.1, 0.15) is 11.6 Å². The first-order valence-electron chi connectivity index (χ1n) is 5.34. The number of benzene rings is 1. The summed E-state index contributed by atoms with van der Waals surface area (Å²) in [5, 5.41) is 0. The minimum absolute atomic E-state index is 0.249. The Balaban J connectivity index is 2.08. The van der Waals surface area contributed by atoms with Crippen molar-refractivity contribution in [1.82, 2.24) is 4.90 Å². The average Bonchev–Trinajstić information content (AvgIpc) is 2.25. The molecule has 0 aromatic heterocycles. The predicted molar refractivity (Wildman–Crippen MR) is 63.6 cm³/mol. The molecule has 0 atom stereocenters. The number of carbonyl (C=O) groups excluding carboxylic acids is 1. The van der Waals surface area contributed by atoms with Crippen LogP contribution in [0.25, 0.3) is 0 Å². The zero-order valence-corrected chi connectivity index (χ0v) is 10.5. The Morgan fingerprint density at radius 1 is 1.44 bits per heavy atom. The van der Waals surface area contributed by atoms with Crippen LogP contribution in [0.15, 0.2) is 22.7 Å². The lowest BCUT2D eigenvalue weighted by Crippen LogP contribution is -2.35. The summed E-state index contributed by atoms with van der Waals surface area (Å²) in [4.78, 5) is 13.3. The fraction of sp³-hybridized carbons (Fsp3) is 0.417. The van der Waals surface area contributed by atoms with E-state index < -0.39 is 0 Å². The number of nitrogens with zero attached hydrogens (tertiary/aromatic N) is 1. The SMILES string of the molecule is O=C1CCCN(Cc2cccc(F)c2Br)C1. The van der Waals surface area contributed by atoms with E-state index in [1.807, 2.05) is 6.07 Å². The zero-order chi connectivity index (χ0) is 11.5. The molecule has 16 heavy (non-hydrogen) atoms. The van der Waals surface area contributed by atoms with Crippen LogP contribution in [0.1, 0.15) is 18.4 Å². The van der Waals surface area contributed by atoms with E-state index in [2.05, 4.69) is 20.8 Å². The molecule has 1 fully saturated rings. The summed E-state index contributed by atoms with van der Waals surface area (Å²) < 4.78 is 13.8. The summed E-state index contributed by atoms with van der Waals surface area (Å²) in [5.74, 6) is 0.0274. The van der Waals surface area contributed by atoms with Crippen LogP contribution in [0.3, 0.4) is 0 Å². The van der Waals surface area contributed by atoms with E-state index >= 15 is 0 Å². The molecule has 0 aliphatic carbocycles. The topological polar surface area (TPSA) is 20.3 Å². The number of Topliss-reactive ketones (excluding diaryl/α,β-unsaturated/α-hetero) is 1. The standard InChI is InChI=1S/C12H13BrFNO/c13-12-9(3-1-5-11(12)14)7-15-6-2-4-10(16)8-15/h1,3,5H,2,4,6-8H2. The van der Waals surface area contributed by atoms with Crippen LogP contribution in [0.4, 0.5) is 4.39 Å². The van der Waals surface area contributed by atoms with Gasteiger partial charge in [-0.25, -0.2) is 4.39 Å². The molecule has 2 rings (SSSR count). The van der Waals surface area contributed by atoms with Gasteiger partial charge < -0.3 is 0 Å². The van der Waals surface area contributed by atoms with Gasteiger partial charge in [-0.05, 0) is 40.5 Å². The van der Waals surface area contributed by atoms with Gasteiger partial charge in [-0.3, -0.25) is 9.69 Å². The molecule has 0 amide bonds. The number of piperidine rings is 1. The molecule has 0 bridgehead atoms. The van der Waals surface area contributed by atoms with Gasteiger partial charge in [0.2, 0.25) is 0 Å². The number of ketones is 1. The minimum atomic E-state index is -0.249. The number of likely N-dealkylation sites (tertiary alicyclic amines) is 1. The maximum absolute atomic E-state index is 13.3. The van der Waals surface area contributed by atoms with Crippen molar-refractivity contribution in [2.75, 3.05) is 13.1 Å². The first-order valence-corrected chi connectivity index (χ1v) is 6.13. The summed E-state index contributed by atoms with van der Waals surface area (Å²) in [7, 11) is 0. The highest BCUT2D eigenvalue weighted by Crippen LogP contribution is 2.22. The second kappa shape index (κ2) is 5.06. The van der Waals surface area contributed by atoms with Crippen molar-refractivity contribution in [3.8, 4) is 0 Å². The third kappa shape index (κ3) is 2.68. The Bertz CT molecular complexity index is 408. The van der Waals surface area contributed by atoms with Crippen molar-refractivity contribution in [2.45, 2.75) is 19.4 Å². The summed E-state index contributed by atoms with van der Waals surface area (Å²) in [6, 6.07) is 5.00. The number of rotatable bonds is 2. The molecular formula is C12H13BrFNO. The fourth-order valence-electron chi connectivity index (χ4n) is 1.95. The summed E-state index contributed by atoms with van der Waals surface area (Å²) in [5.41, 5.74) is 0.898. The maximum atomic E-state index is 13.3. The van der Waals surface area contributed by atoms with E-state index in [4.69, 9.17) is 0 Å². The molecule has 0 radical (unpaired) electrons. The largest absolute Gasteiger partial charge is 0.298 e. The van der Waals surface area contributed by atoms with Gasteiger partial charge in [0.15, 0.2) is 0 Å². The molecule has 1 aromatic carbocycles. The number of halogens is 2. The normalized spacial score (nSPS) is 17.8. The molecule has 0 saturated carbocycles. The van der Waals surface area contributed by atoms with Gasteiger partial charge in [-0.1, -0.05) is 12.1 Å². The second-order valence-corrected chi connectivity index (χ2v) is 4.86. The van der Waals surface area contributed by atoms with E-state index in [0.717, 1.165) is 18.5 Å². The van der Waals surface area contributed by atoms with Crippen LogP contribution in [0.5, 0.6) is 0 Å². The van der Waals surface area contributed by atoms with E-state index in [0.29, 0.717) is 24.0 Å². The van der Waals surface area contributed by atoms with Crippen molar-refractivity contribution in [3.63, 3.8) is 0 Å². The van der Waals surface area contributed by atoms with Crippen LogP contribution in [0, 0.1) is 5.82 Å². The molecule has 1 heterocycles. The first kappa shape index (κ1) is 11.7. The van der Waals surface area contributed by atoms with E-state index in [-0.39, 0.29) is 11.6 Å². The molecule has 0 N–H and O–H groups in total. The summed E-state index contributed by atoms with van der Waals surface area (Å²) in [6.45, 7) is 2.03. The third-order valence-electron chi connectivity index (χ3n) is 2.76. The Morgan fingerprint density at radius 3 is 3.00 bits per heavy atom. The van der Waals surface area contributed by atoms with Crippen LogP contribution >= 0.6 is 15.9 Å². The highest BCUT2D eigenvalue weighted by atomic mass is 79.9. The van der Waals surface area contributed by atoms with Gasteiger partial charge in [0, 0.05) is 13.0 Å². The lowest BCUT2D eigenvalue weighted by Gasteiger charge is -2.25. The van der Waals surface area contributed by atoms with Crippen molar-refractivity contribution in [1.29, 1.82) is 0 Å². The zero-order valence-electron chi connectivity index (χ0n) is 8.88. The smallest absolute Gasteiger partial charge is 0.146 e. The Morgan fingerprint density at radius 2 is 2.25 bits per heavy atom. The number of hydrogen-bond donors (Lipinski definition) is 0. The lowest BCUT2D eigenvalue weighted by molar-refractivity contribution is -0.122. The van der Waals surface area contributed by atoms with E-state index in [1.165, 1.54) is 6.07 Å². The van der Waals surface area contributed by atoms with E-state index in [9.17, 15) is 9.18 Å². The Kier molecular flexibility index (Phi) is 3.71. The van der Waals surface area contributed by atoms with Crippen molar-refractivity contribution in [3.05, 3.63) is 34.1 Å². The van der Waals surface area contributed by atoms with Gasteiger partial charge >= 0.3 is 0 Å². The molecule has 1 aliphatic heterocycles. The maximum Gasteiger partial charge on any atom is 0.146 e. The van der Waals surface area contributed by atoms with Gasteiger partial charge in [0.25, 0.3) is 0 Å². The van der Waals surface area contributed by atoms with Crippen LogP contribution in [-0.2, 0) is 11.3 Å². The number of carbonyl (C=O) groups is 1. The molecule has 2 nitrogen and oxygen atoms in total. The minimum Gasteiger partial charge on any atom is -0.298 e. The first-order chi connectivity index (χ1) is 7.66. The molecule has 1 saturated heterocycles. The highest BCUT2D eigenvalue weighted by molar-refractivity contribution is 9.10. The highest BCUT2D eigenvalue weighted by Gasteiger charge is 2.18. The van der Waals surface area contributed by atoms with Crippen molar-refractivity contribution >= 4 is 21.7 Å². The molecule has 1 aromatic rings. The average molecular weight is 286 g/mol. The quantitative estimate of drug-likeness (QED) is 0.833. The molecule has 1 aliphatic rings. The van der Waals surface area contributed by atoms with Gasteiger partial charge in [-0.15, -0.1) is 0 Å². The Labute approximate surface area is 103 Å². The summed E-state index contributed by atoms with van der Waals surface area (Å²) in [6.07, 6.45) is 1.59. The molecule has 0 unspecified atom stereocenters. The van der Waals surface area contributed by atoms with Crippen LogP contribution in [0.2, 0.25) is 0 Å². The number of hydrogen-bond acceptors (Lipinski definition) is 2. The van der Waals surface area contributed by atoms with Crippen LogP contribution in [-0.4, -0.2) is 23.8 Å². The molecular weight excluding hydrogens is 273 g/mol. The van der Waals surface area contributed by atoms with Crippen LogP contribution < -0.4 is 0 Å². The molecule has 4 heteroatoms. The van der Waals surface area contributed by atoms with Crippen molar-refractivity contribution < 1.29 is 9.18 Å². The van der Waals surface area contributed by atoms with Gasteiger partial charge in [-0.2, -0.15) is 0 Å². The molecule has 86 valence electrons. The summed E-state index contributed by atoms with van der Waals surface area (Å²) >= 11 is 3.24. The van der Waals surface area contributed by atoms with Crippen molar-refractivity contribution in [2.24, 2.45) is 0 Å². The molecule has 0 spiro atoms. The fourth-order valence-corrected chi connectivity index (χ4v) is 2.34. The lowest BCUT2D eigenvalue weighted by atomic mass is 10.1. The van der Waals surface area contributed by atoms with Gasteiger partial charge in [0.05, 0.1) is 11.0 Å². The van der Waals surface area contributed by atoms with E-state index in [1.54, 1.807) is 6.07 Å².